The third kappa shape index (κ3) is 3.06. The largest absolute Gasteiger partial charge is 0.342 e. The molecule has 1 aromatic carbocycles. The summed E-state index contributed by atoms with van der Waals surface area (Å²) in [7, 11) is 0. The topological polar surface area (TPSA) is 62.7 Å². The summed E-state index contributed by atoms with van der Waals surface area (Å²) in [5, 5.41) is 0. The zero-order chi connectivity index (χ0) is 20.9. The summed E-state index contributed by atoms with van der Waals surface area (Å²) in [6.45, 7) is 0.780. The molecule has 3 saturated heterocycles. The van der Waals surface area contributed by atoms with Gasteiger partial charge in [-0.1, -0.05) is 6.07 Å². The third-order valence-electron chi connectivity index (χ3n) is 6.33. The number of ether oxygens (including phenoxy) is 1. The van der Waals surface area contributed by atoms with E-state index in [1.54, 1.807) is 34.2 Å². The maximum atomic E-state index is 13.7. The summed E-state index contributed by atoms with van der Waals surface area (Å²) in [6, 6.07) is 8.17. The lowest BCUT2D eigenvalue weighted by molar-refractivity contribution is -0.142. The number of likely N-dealkylation sites (tertiary alicyclic amines) is 1. The molecule has 0 saturated carbocycles. The summed E-state index contributed by atoms with van der Waals surface area (Å²) >= 11 is 0. The van der Waals surface area contributed by atoms with Crippen LogP contribution in [0, 0.1) is 11.6 Å². The van der Waals surface area contributed by atoms with Crippen molar-refractivity contribution in [2.75, 3.05) is 13.1 Å². The molecule has 8 heteroatoms. The maximum Gasteiger partial charge on any atom is 0.272 e. The molecule has 6 nitrogen and oxygen atoms in total. The van der Waals surface area contributed by atoms with Crippen molar-refractivity contribution in [1.29, 1.82) is 0 Å². The Balaban J connectivity index is 1.32. The lowest BCUT2D eigenvalue weighted by Gasteiger charge is -2.37. The van der Waals surface area contributed by atoms with Crippen LogP contribution in [0.4, 0.5) is 8.78 Å². The number of halogens is 2. The van der Waals surface area contributed by atoms with Crippen LogP contribution in [-0.4, -0.2) is 51.5 Å². The van der Waals surface area contributed by atoms with Crippen molar-refractivity contribution < 1.29 is 23.1 Å². The van der Waals surface area contributed by atoms with E-state index in [-0.39, 0.29) is 11.8 Å². The molecule has 2 aromatic rings. The van der Waals surface area contributed by atoms with E-state index in [0.717, 1.165) is 6.07 Å². The van der Waals surface area contributed by atoms with E-state index >= 15 is 0 Å². The number of fused-ring (bicyclic) bond motifs is 1. The van der Waals surface area contributed by atoms with E-state index in [1.165, 1.54) is 12.1 Å². The number of hydrogen-bond acceptors (Lipinski definition) is 4. The Bertz CT molecular complexity index is 972. The second kappa shape index (κ2) is 7.12. The molecule has 0 unspecified atom stereocenters. The van der Waals surface area contributed by atoms with Gasteiger partial charge in [-0.2, -0.15) is 0 Å². The van der Waals surface area contributed by atoms with Gasteiger partial charge in [0.2, 0.25) is 0 Å². The van der Waals surface area contributed by atoms with E-state index in [4.69, 9.17) is 4.74 Å². The number of aromatic nitrogens is 1. The number of carbonyl (C=O) groups excluding carboxylic acids is 2. The van der Waals surface area contributed by atoms with Gasteiger partial charge in [0.1, 0.15) is 23.6 Å². The number of piperidine rings is 1. The summed E-state index contributed by atoms with van der Waals surface area (Å²) in [4.78, 5) is 33.4. The van der Waals surface area contributed by atoms with Crippen LogP contribution in [0.15, 0.2) is 42.6 Å². The summed E-state index contributed by atoms with van der Waals surface area (Å²) in [5.74, 6) is -1.62. The number of pyridine rings is 1. The molecular weight excluding hydrogens is 392 g/mol. The van der Waals surface area contributed by atoms with Crippen molar-refractivity contribution in [1.82, 2.24) is 14.8 Å². The average molecular weight is 413 g/mol. The minimum absolute atomic E-state index is 0.149. The predicted molar refractivity (Wildman–Crippen MR) is 102 cm³/mol. The van der Waals surface area contributed by atoms with Crippen LogP contribution in [0.3, 0.4) is 0 Å². The molecule has 0 N–H and O–H groups in total. The lowest BCUT2D eigenvalue weighted by Crippen LogP contribution is -2.51. The Labute approximate surface area is 172 Å². The first kappa shape index (κ1) is 19.1. The molecule has 3 aliphatic rings. The fourth-order valence-corrected chi connectivity index (χ4v) is 4.86. The lowest BCUT2D eigenvalue weighted by atomic mass is 9.89. The Morgan fingerprint density at radius 2 is 1.83 bits per heavy atom. The Kier molecular flexibility index (Phi) is 4.54. The second-order valence-electron chi connectivity index (χ2n) is 8.08. The van der Waals surface area contributed by atoms with E-state index in [0.29, 0.717) is 50.0 Å². The Morgan fingerprint density at radius 3 is 2.50 bits per heavy atom. The van der Waals surface area contributed by atoms with Crippen LogP contribution >= 0.6 is 0 Å². The van der Waals surface area contributed by atoms with Gasteiger partial charge in [-0.15, -0.1) is 0 Å². The molecule has 3 fully saturated rings. The van der Waals surface area contributed by atoms with E-state index in [9.17, 15) is 18.4 Å². The van der Waals surface area contributed by atoms with Gasteiger partial charge < -0.3 is 14.5 Å². The molecule has 3 aliphatic heterocycles. The third-order valence-corrected chi connectivity index (χ3v) is 6.33. The van der Waals surface area contributed by atoms with Crippen molar-refractivity contribution in [3.8, 4) is 0 Å². The molecule has 1 spiro atoms. The Hall–Kier alpha value is -2.87. The van der Waals surface area contributed by atoms with Gasteiger partial charge in [-0.3, -0.25) is 14.6 Å². The van der Waals surface area contributed by atoms with E-state index < -0.39 is 29.5 Å². The fraction of sp³-hybridized carbons (Fsp3) is 0.409. The van der Waals surface area contributed by atoms with E-state index in [2.05, 4.69) is 4.98 Å². The smallest absolute Gasteiger partial charge is 0.272 e. The molecule has 156 valence electrons. The normalized spacial score (nSPS) is 25.1. The standard InChI is InChI=1S/C22H21F2N3O3/c23-15-11-14(12-16(24)13-15)18-4-5-19-27(18)21(29)22(30-19)6-9-26(10-7-22)20(28)17-3-1-2-8-25-17/h1-3,8,11-13,18-19H,4-7,9-10H2/t18-,19+/m0/s1. The molecule has 30 heavy (non-hydrogen) atoms. The van der Waals surface area contributed by atoms with Crippen molar-refractivity contribution in [3.63, 3.8) is 0 Å². The quantitative estimate of drug-likeness (QED) is 0.759. The molecule has 5 rings (SSSR count). The molecule has 2 amide bonds. The van der Waals surface area contributed by atoms with Crippen LogP contribution in [0.2, 0.25) is 0 Å². The van der Waals surface area contributed by atoms with Gasteiger partial charge in [0.05, 0.1) is 6.04 Å². The van der Waals surface area contributed by atoms with Crippen LogP contribution in [0.5, 0.6) is 0 Å². The van der Waals surface area contributed by atoms with Gasteiger partial charge in [-0.25, -0.2) is 8.78 Å². The van der Waals surface area contributed by atoms with Gasteiger partial charge in [0.15, 0.2) is 5.60 Å². The molecule has 4 heterocycles. The monoisotopic (exact) mass is 413 g/mol. The van der Waals surface area contributed by atoms with Gasteiger partial charge in [0.25, 0.3) is 11.8 Å². The molecule has 0 aliphatic carbocycles. The molecule has 0 bridgehead atoms. The number of rotatable bonds is 2. The van der Waals surface area contributed by atoms with Crippen LogP contribution in [0.1, 0.15) is 47.8 Å². The summed E-state index contributed by atoms with van der Waals surface area (Å²) in [5.41, 5.74) is -0.150. The van der Waals surface area contributed by atoms with Gasteiger partial charge in [0, 0.05) is 38.2 Å². The highest BCUT2D eigenvalue weighted by molar-refractivity contribution is 5.93. The number of carbonyl (C=O) groups is 2. The zero-order valence-electron chi connectivity index (χ0n) is 16.3. The van der Waals surface area contributed by atoms with Crippen LogP contribution in [-0.2, 0) is 9.53 Å². The highest BCUT2D eigenvalue weighted by atomic mass is 19.1. The molecule has 0 radical (unpaired) electrons. The predicted octanol–water partition coefficient (Wildman–Crippen LogP) is 3.05. The number of amides is 2. The minimum atomic E-state index is -0.976. The van der Waals surface area contributed by atoms with Crippen molar-refractivity contribution in [2.24, 2.45) is 0 Å². The Morgan fingerprint density at radius 1 is 1.10 bits per heavy atom. The van der Waals surface area contributed by atoms with Gasteiger partial charge >= 0.3 is 0 Å². The number of nitrogens with zero attached hydrogens (tertiary/aromatic N) is 3. The minimum Gasteiger partial charge on any atom is -0.342 e. The first-order valence-electron chi connectivity index (χ1n) is 10.1. The fourth-order valence-electron chi connectivity index (χ4n) is 4.86. The van der Waals surface area contributed by atoms with Crippen molar-refractivity contribution in [2.45, 2.75) is 43.6 Å². The van der Waals surface area contributed by atoms with Gasteiger partial charge in [-0.05, 0) is 42.7 Å². The highest BCUT2D eigenvalue weighted by Crippen LogP contribution is 2.47. The summed E-state index contributed by atoms with van der Waals surface area (Å²) in [6.07, 6.45) is 3.17. The highest BCUT2D eigenvalue weighted by Gasteiger charge is 2.58. The maximum absolute atomic E-state index is 13.7. The molecule has 2 atom stereocenters. The van der Waals surface area contributed by atoms with Crippen LogP contribution in [0.25, 0.3) is 0 Å². The van der Waals surface area contributed by atoms with Crippen molar-refractivity contribution in [3.05, 3.63) is 65.5 Å². The number of hydrogen-bond donors (Lipinski definition) is 0. The first-order valence-corrected chi connectivity index (χ1v) is 10.1. The second-order valence-corrected chi connectivity index (χ2v) is 8.08. The van der Waals surface area contributed by atoms with E-state index in [1.807, 2.05) is 0 Å². The van der Waals surface area contributed by atoms with Crippen molar-refractivity contribution >= 4 is 11.8 Å². The SMILES string of the molecule is O=C(c1ccccn1)N1CCC2(CC1)O[C@@H]1CC[C@@H](c3cc(F)cc(F)c3)N1C2=O. The molecular formula is C22H21F2N3O3. The summed E-state index contributed by atoms with van der Waals surface area (Å²) < 4.78 is 33.6. The average Bonchev–Trinajstić information content (AvgIpc) is 3.26. The number of benzene rings is 1. The first-order chi connectivity index (χ1) is 14.5. The molecule has 1 aromatic heterocycles. The van der Waals surface area contributed by atoms with Crippen LogP contribution < -0.4 is 0 Å². The zero-order valence-corrected chi connectivity index (χ0v) is 16.3.